The number of non-ortho nitro benzene ring substituents is 4. The largest absolute Gasteiger partial charge is 0.444 e. The number of aromatic nitrogens is 4. The number of amides is 4. The lowest BCUT2D eigenvalue weighted by atomic mass is 10.0. The molecule has 4 aromatic heterocycles. The predicted octanol–water partition coefficient (Wildman–Crippen LogP) is 18.0. The van der Waals surface area contributed by atoms with Crippen molar-refractivity contribution in [2.75, 3.05) is 5.33 Å². The van der Waals surface area contributed by atoms with Crippen LogP contribution in [0.2, 0.25) is 0 Å². The van der Waals surface area contributed by atoms with Gasteiger partial charge in [-0.25, -0.2) is 29.5 Å². The van der Waals surface area contributed by atoms with Gasteiger partial charge in [0.15, 0.2) is 0 Å². The summed E-state index contributed by atoms with van der Waals surface area (Å²) in [6, 6.07) is 41.2. The number of ketones is 1. The Morgan fingerprint density at radius 2 is 0.647 bits per heavy atom. The third-order valence-electron chi connectivity index (χ3n) is 17.1. The van der Waals surface area contributed by atoms with E-state index in [-0.39, 0.29) is 82.3 Å². The van der Waals surface area contributed by atoms with Gasteiger partial charge in [-0.15, -0.1) is 62.3 Å². The SMILES string of the molecule is Br.CCC(=O)CBr.CCc1csc([C@@H](N)Cc2ccc([N+](=O)[O-])cc2)n1.CCc1csc([C@@H](N)Cc2ccc([N+](=O)[O-])cc2)n1.CCc1csc([C@H](Cc2ccc([N+](=O)[O-])cc2)NC(=O)[C@H](Cc2ccccc2)NC(=O)OC(C)(C)C)n1.CCc1csc([C@H](Cc2ccc([N+](=O)[O-])cc2)NC(=O)[C@H](Cc2ccccc2)NC(=O)OC(C)(C)C)n1. The third-order valence-corrected chi connectivity index (χ3v) is 21.8. The number of aryl methyl sites for hydroxylation is 4. The molecule has 10 aromatic rings. The number of hydrogen-bond donors (Lipinski definition) is 6. The van der Waals surface area contributed by atoms with Gasteiger partial charge in [-0.1, -0.05) is 160 Å². The number of nitrogens with zero attached hydrogens (tertiary/aromatic N) is 8. The maximum atomic E-state index is 13.5. The minimum Gasteiger partial charge on any atom is -0.444 e. The standard InChI is InChI=1S/2C27H32N4O5S.2C13H15N3O2S.C4H7BrO.BrH/c2*1-5-20-17-37-25(28-20)23(16-19-11-13-21(14-12-19)31(34)35)29-24(32)22(15-18-9-7-6-8-10-18)30-26(33)36-27(2,3)4;2*1-2-10-8-19-13(15-10)12(14)7-9-3-5-11(6-4-9)16(17)18;1-2-4(6)3-5;/h2*6-14,17,22-23H,5,15-16H2,1-4H3,(H,29,32)(H,30,33);2*3-6,8,12H,2,7,14H2,1H3;2-3H2,1H3;1H/t2*22-,23-;2*12-;;/m0000../s1. The van der Waals surface area contributed by atoms with Crippen molar-refractivity contribution in [3.05, 3.63) is 296 Å². The number of ether oxygens (including phenoxy) is 2. The molecule has 0 aliphatic rings. The smallest absolute Gasteiger partial charge is 0.408 e. The molecule has 0 spiro atoms. The van der Waals surface area contributed by atoms with Gasteiger partial charge in [0.2, 0.25) is 11.8 Å². The molecule has 0 bridgehead atoms. The van der Waals surface area contributed by atoms with Gasteiger partial charge in [-0.3, -0.25) is 54.8 Å². The Bertz CT molecular complexity index is 4550. The van der Waals surface area contributed by atoms with E-state index in [1.807, 2.05) is 103 Å². The van der Waals surface area contributed by atoms with Crippen molar-refractivity contribution in [1.29, 1.82) is 0 Å². The molecule has 0 unspecified atom stereocenters. The van der Waals surface area contributed by atoms with Crippen molar-refractivity contribution in [3.8, 4) is 0 Å². The summed E-state index contributed by atoms with van der Waals surface area (Å²) in [5.41, 5.74) is 20.2. The highest BCUT2D eigenvalue weighted by Crippen LogP contribution is 2.29. The highest BCUT2D eigenvalue weighted by Gasteiger charge is 2.31. The summed E-state index contributed by atoms with van der Waals surface area (Å²) in [6.45, 7) is 20.5. The number of nitro groups is 4. The molecule has 0 saturated heterocycles. The fraction of sp³-hybridized carbons (Fsp3) is 0.369. The Balaban J connectivity index is 0.000000286. The zero-order valence-corrected chi connectivity index (χ0v) is 74.6. The first-order valence-electron chi connectivity index (χ1n) is 38.1. The average Bonchev–Trinajstić information content (AvgIpc) is 1.79. The molecule has 119 heavy (non-hydrogen) atoms. The summed E-state index contributed by atoms with van der Waals surface area (Å²) < 4.78 is 10.8. The number of alkyl halides is 1. The molecule has 4 amide bonds. The van der Waals surface area contributed by atoms with Crippen LogP contribution in [0.25, 0.3) is 0 Å². The first-order chi connectivity index (χ1) is 56.1. The zero-order chi connectivity index (χ0) is 86.7. The number of carbonyl (C=O) groups excluding carboxylic acids is 5. The zero-order valence-electron chi connectivity index (χ0n) is 68.0. The molecule has 35 heteroatoms. The lowest BCUT2D eigenvalue weighted by Gasteiger charge is -2.25. The molecule has 0 fully saturated rings. The summed E-state index contributed by atoms with van der Waals surface area (Å²) >= 11 is 9.04. The summed E-state index contributed by atoms with van der Waals surface area (Å²) in [6.07, 6.45) is 5.17. The number of nitro benzene ring substituents is 4. The van der Waals surface area contributed by atoms with E-state index in [2.05, 4.69) is 71.0 Å². The summed E-state index contributed by atoms with van der Waals surface area (Å²) in [4.78, 5) is 122. The molecule has 6 atom stereocenters. The van der Waals surface area contributed by atoms with E-state index < -0.39 is 67.2 Å². The molecular formula is C84H102Br2N14O15S4. The maximum absolute atomic E-state index is 13.5. The molecule has 636 valence electrons. The van der Waals surface area contributed by atoms with E-state index >= 15 is 0 Å². The van der Waals surface area contributed by atoms with Crippen LogP contribution < -0.4 is 32.7 Å². The van der Waals surface area contributed by atoms with Crippen LogP contribution in [0.15, 0.2) is 179 Å². The number of hydrogen-bond acceptors (Lipinski definition) is 25. The van der Waals surface area contributed by atoms with E-state index in [0.717, 1.165) is 102 Å². The number of nitrogens with two attached hydrogens (primary N) is 2. The Hall–Kier alpha value is -10.5. The second kappa shape index (κ2) is 49.8. The van der Waals surface area contributed by atoms with E-state index in [4.69, 9.17) is 20.9 Å². The fourth-order valence-electron chi connectivity index (χ4n) is 10.8. The van der Waals surface area contributed by atoms with E-state index in [1.54, 1.807) is 113 Å². The number of rotatable bonds is 32. The first-order valence-corrected chi connectivity index (χ1v) is 42.7. The minimum absolute atomic E-state index is 0. The number of alkyl carbamates (subject to hydrolysis) is 2. The lowest BCUT2D eigenvalue weighted by molar-refractivity contribution is -0.385. The average molecular weight is 1840 g/mol. The highest BCUT2D eigenvalue weighted by molar-refractivity contribution is 9.09. The predicted molar refractivity (Wildman–Crippen MR) is 475 cm³/mol. The van der Waals surface area contributed by atoms with Crippen LogP contribution >= 0.6 is 78.3 Å². The van der Waals surface area contributed by atoms with Gasteiger partial charge >= 0.3 is 12.2 Å². The number of Topliss-reactive ketones (excluding diaryl/α,β-unsaturated/α-hetero) is 1. The number of halogens is 2. The monoisotopic (exact) mass is 1830 g/mol. The van der Waals surface area contributed by atoms with E-state index in [0.29, 0.717) is 37.4 Å². The van der Waals surface area contributed by atoms with Crippen molar-refractivity contribution >= 4 is 131 Å². The third kappa shape index (κ3) is 35.5. The Labute approximate surface area is 726 Å². The lowest BCUT2D eigenvalue weighted by Crippen LogP contribution is -2.50. The van der Waals surface area contributed by atoms with Crippen LogP contribution in [0.3, 0.4) is 0 Å². The Morgan fingerprint density at radius 3 is 0.874 bits per heavy atom. The quantitative estimate of drug-likeness (QED) is 0.0130. The van der Waals surface area contributed by atoms with Gasteiger partial charge in [0.05, 0.1) is 72.0 Å². The van der Waals surface area contributed by atoms with Crippen molar-refractivity contribution in [2.45, 2.75) is 194 Å². The fourth-order valence-corrected chi connectivity index (χ4v) is 14.9. The summed E-state index contributed by atoms with van der Waals surface area (Å²) in [5.74, 6) is -0.500. The Morgan fingerprint density at radius 1 is 0.395 bits per heavy atom. The molecule has 0 saturated carbocycles. The van der Waals surface area contributed by atoms with Crippen LogP contribution in [0.4, 0.5) is 32.3 Å². The van der Waals surface area contributed by atoms with Crippen molar-refractivity contribution in [2.24, 2.45) is 11.5 Å². The Kier molecular flexibility index (Phi) is 41.4. The second-order valence-electron chi connectivity index (χ2n) is 28.8. The molecule has 10 rings (SSSR count). The maximum Gasteiger partial charge on any atom is 0.408 e. The summed E-state index contributed by atoms with van der Waals surface area (Å²) in [7, 11) is 0. The van der Waals surface area contributed by atoms with Crippen molar-refractivity contribution in [1.82, 2.24) is 41.2 Å². The summed E-state index contributed by atoms with van der Waals surface area (Å²) in [5, 5.41) is 66.4. The van der Waals surface area contributed by atoms with Crippen LogP contribution in [0.5, 0.6) is 0 Å². The topological polar surface area (TPSA) is 428 Å². The normalized spacial score (nSPS) is 12.4. The van der Waals surface area contributed by atoms with E-state index in [9.17, 15) is 64.4 Å². The van der Waals surface area contributed by atoms with Crippen molar-refractivity contribution < 1.29 is 53.1 Å². The van der Waals surface area contributed by atoms with Crippen LogP contribution in [-0.2, 0) is 88.1 Å². The second-order valence-corrected chi connectivity index (χ2v) is 32.9. The number of benzene rings is 6. The molecule has 0 radical (unpaired) electrons. The van der Waals surface area contributed by atoms with Crippen molar-refractivity contribution in [3.63, 3.8) is 0 Å². The molecule has 29 nitrogen and oxygen atoms in total. The van der Waals surface area contributed by atoms with Gasteiger partial charge in [-0.05, 0) is 126 Å². The van der Waals surface area contributed by atoms with Gasteiger partial charge in [-0.2, -0.15) is 0 Å². The molecule has 0 aliphatic carbocycles. The van der Waals surface area contributed by atoms with Gasteiger partial charge in [0.1, 0.15) is 49.1 Å². The van der Waals surface area contributed by atoms with Gasteiger partial charge in [0.25, 0.3) is 22.7 Å². The minimum atomic E-state index is -0.887. The molecule has 6 aromatic carbocycles. The molecule has 8 N–H and O–H groups in total. The van der Waals surface area contributed by atoms with Gasteiger partial charge in [0, 0.05) is 89.3 Å². The molecule has 4 heterocycles. The molecular weight excluding hydrogens is 1730 g/mol. The number of nitrogens with one attached hydrogen (secondary N) is 4. The molecule has 0 aliphatic heterocycles. The number of thiazole rings is 4. The first kappa shape index (κ1) is 99.0. The van der Waals surface area contributed by atoms with Crippen LogP contribution in [-0.4, -0.2) is 98.0 Å². The van der Waals surface area contributed by atoms with Gasteiger partial charge < -0.3 is 42.2 Å². The van der Waals surface area contributed by atoms with Crippen LogP contribution in [0, 0.1) is 40.5 Å². The van der Waals surface area contributed by atoms with Crippen LogP contribution in [0.1, 0.15) is 183 Å². The highest BCUT2D eigenvalue weighted by atomic mass is 79.9. The number of carbonyl (C=O) groups is 5. The van der Waals surface area contributed by atoms with E-state index in [1.165, 1.54) is 71.2 Å².